The maximum atomic E-state index is 5.67. The summed E-state index contributed by atoms with van der Waals surface area (Å²) in [5.41, 5.74) is 1.17. The van der Waals surface area contributed by atoms with E-state index in [0.29, 0.717) is 13.2 Å². The van der Waals surface area contributed by atoms with Gasteiger partial charge in [0.1, 0.15) is 0 Å². The maximum Gasteiger partial charge on any atom is 0.175 e. The van der Waals surface area contributed by atoms with Crippen LogP contribution >= 0.6 is 15.9 Å². The maximum absolute atomic E-state index is 5.67. The van der Waals surface area contributed by atoms with Crippen molar-refractivity contribution in [2.24, 2.45) is 0 Å². The highest BCUT2D eigenvalue weighted by atomic mass is 79.9. The first-order valence-corrected chi connectivity index (χ1v) is 8.38. The van der Waals surface area contributed by atoms with Crippen molar-refractivity contribution in [3.8, 4) is 11.5 Å². The summed E-state index contributed by atoms with van der Waals surface area (Å²) in [6.07, 6.45) is 1.02. The SMILES string of the molecule is CCOCCCNCc1cc(Br)c(OCC)c(OCC)c1. The molecule has 0 amide bonds. The topological polar surface area (TPSA) is 39.7 Å². The van der Waals surface area contributed by atoms with Crippen molar-refractivity contribution >= 4 is 15.9 Å². The highest BCUT2D eigenvalue weighted by Crippen LogP contribution is 2.36. The van der Waals surface area contributed by atoms with Gasteiger partial charge in [-0.2, -0.15) is 0 Å². The number of benzene rings is 1. The van der Waals surface area contributed by atoms with Gasteiger partial charge in [0.05, 0.1) is 17.7 Å². The average molecular weight is 360 g/mol. The van der Waals surface area contributed by atoms with Crippen LogP contribution in [0, 0.1) is 0 Å². The molecule has 0 heterocycles. The first kappa shape index (κ1) is 18.3. The lowest BCUT2D eigenvalue weighted by Crippen LogP contribution is -2.16. The van der Waals surface area contributed by atoms with E-state index in [1.165, 1.54) is 5.56 Å². The van der Waals surface area contributed by atoms with E-state index in [0.717, 1.165) is 48.7 Å². The Labute approximate surface area is 136 Å². The van der Waals surface area contributed by atoms with Gasteiger partial charge in [0, 0.05) is 19.8 Å². The highest BCUT2D eigenvalue weighted by Gasteiger charge is 2.11. The summed E-state index contributed by atoms with van der Waals surface area (Å²) in [6, 6.07) is 4.11. The van der Waals surface area contributed by atoms with E-state index in [4.69, 9.17) is 14.2 Å². The van der Waals surface area contributed by atoms with Gasteiger partial charge in [-0.1, -0.05) is 0 Å². The van der Waals surface area contributed by atoms with Crippen LogP contribution in [0.3, 0.4) is 0 Å². The Hall–Kier alpha value is -0.780. The second-order valence-corrected chi connectivity index (χ2v) is 5.35. The lowest BCUT2D eigenvalue weighted by Gasteiger charge is -2.15. The van der Waals surface area contributed by atoms with E-state index >= 15 is 0 Å². The molecule has 1 aromatic carbocycles. The van der Waals surface area contributed by atoms with Crippen LogP contribution in [0.15, 0.2) is 16.6 Å². The van der Waals surface area contributed by atoms with Crippen LogP contribution in [-0.2, 0) is 11.3 Å². The molecule has 120 valence electrons. The lowest BCUT2D eigenvalue weighted by atomic mass is 10.2. The number of ether oxygens (including phenoxy) is 3. The van der Waals surface area contributed by atoms with Crippen molar-refractivity contribution in [3.05, 3.63) is 22.2 Å². The van der Waals surface area contributed by atoms with Crippen molar-refractivity contribution in [3.63, 3.8) is 0 Å². The van der Waals surface area contributed by atoms with Crippen LogP contribution < -0.4 is 14.8 Å². The minimum atomic E-state index is 0.619. The predicted molar refractivity (Wildman–Crippen MR) is 89.3 cm³/mol. The number of hydrogen-bond donors (Lipinski definition) is 1. The van der Waals surface area contributed by atoms with Gasteiger partial charge >= 0.3 is 0 Å². The first-order chi connectivity index (χ1) is 10.2. The summed E-state index contributed by atoms with van der Waals surface area (Å²) in [5.74, 6) is 1.57. The van der Waals surface area contributed by atoms with E-state index in [9.17, 15) is 0 Å². The van der Waals surface area contributed by atoms with Crippen molar-refractivity contribution in [2.45, 2.75) is 33.7 Å². The first-order valence-electron chi connectivity index (χ1n) is 7.59. The van der Waals surface area contributed by atoms with Gasteiger partial charge < -0.3 is 19.5 Å². The summed E-state index contributed by atoms with van der Waals surface area (Å²) >= 11 is 3.56. The zero-order valence-electron chi connectivity index (χ0n) is 13.2. The molecule has 0 unspecified atom stereocenters. The predicted octanol–water partition coefficient (Wildman–Crippen LogP) is 3.76. The van der Waals surface area contributed by atoms with Gasteiger partial charge in [0.25, 0.3) is 0 Å². The lowest BCUT2D eigenvalue weighted by molar-refractivity contribution is 0.144. The molecule has 1 N–H and O–H groups in total. The van der Waals surface area contributed by atoms with Gasteiger partial charge in [0.15, 0.2) is 11.5 Å². The summed E-state index contributed by atoms with van der Waals surface area (Å²) < 4.78 is 17.6. The molecule has 0 fully saturated rings. The van der Waals surface area contributed by atoms with Crippen LogP contribution in [0.4, 0.5) is 0 Å². The smallest absolute Gasteiger partial charge is 0.175 e. The monoisotopic (exact) mass is 359 g/mol. The second kappa shape index (κ2) is 10.9. The molecule has 0 spiro atoms. The standard InChI is InChI=1S/C16H26BrNO3/c1-4-19-9-7-8-18-12-13-10-14(17)16(21-6-3)15(11-13)20-5-2/h10-11,18H,4-9,12H2,1-3H3. The van der Waals surface area contributed by atoms with Gasteiger partial charge in [-0.15, -0.1) is 0 Å². The number of hydrogen-bond acceptors (Lipinski definition) is 4. The van der Waals surface area contributed by atoms with Crippen molar-refractivity contribution in [1.29, 1.82) is 0 Å². The molecular weight excluding hydrogens is 334 g/mol. The molecule has 0 aromatic heterocycles. The average Bonchev–Trinajstić information content (AvgIpc) is 2.46. The largest absolute Gasteiger partial charge is 0.490 e. The molecule has 0 aliphatic rings. The fourth-order valence-corrected chi connectivity index (χ4v) is 2.55. The summed E-state index contributed by atoms with van der Waals surface area (Å²) in [5, 5.41) is 3.41. The highest BCUT2D eigenvalue weighted by molar-refractivity contribution is 9.10. The summed E-state index contributed by atoms with van der Waals surface area (Å²) in [4.78, 5) is 0. The van der Waals surface area contributed by atoms with Gasteiger partial charge in [-0.3, -0.25) is 0 Å². The molecule has 21 heavy (non-hydrogen) atoms. The van der Waals surface area contributed by atoms with Gasteiger partial charge in [-0.05, 0) is 67.4 Å². The van der Waals surface area contributed by atoms with Crippen LogP contribution in [0.5, 0.6) is 11.5 Å². The van der Waals surface area contributed by atoms with E-state index in [2.05, 4.69) is 27.3 Å². The second-order valence-electron chi connectivity index (χ2n) is 4.50. The van der Waals surface area contributed by atoms with Crippen LogP contribution in [-0.4, -0.2) is 33.0 Å². The van der Waals surface area contributed by atoms with Gasteiger partial charge in [0.2, 0.25) is 0 Å². The molecule has 4 nitrogen and oxygen atoms in total. The van der Waals surface area contributed by atoms with Gasteiger partial charge in [-0.25, -0.2) is 0 Å². The summed E-state index contributed by atoms with van der Waals surface area (Å²) in [6.45, 7) is 10.5. The Morgan fingerprint density at radius 3 is 2.48 bits per heavy atom. The van der Waals surface area contributed by atoms with Crippen LogP contribution in [0.2, 0.25) is 0 Å². The van der Waals surface area contributed by atoms with Crippen molar-refractivity contribution in [1.82, 2.24) is 5.32 Å². The van der Waals surface area contributed by atoms with Crippen LogP contribution in [0.25, 0.3) is 0 Å². The fourth-order valence-electron chi connectivity index (χ4n) is 1.95. The van der Waals surface area contributed by atoms with E-state index < -0.39 is 0 Å². The molecule has 1 rings (SSSR count). The minimum Gasteiger partial charge on any atom is -0.490 e. The van der Waals surface area contributed by atoms with E-state index in [-0.39, 0.29) is 0 Å². The fraction of sp³-hybridized carbons (Fsp3) is 0.625. The van der Waals surface area contributed by atoms with Crippen LogP contribution in [0.1, 0.15) is 32.8 Å². The molecular formula is C16H26BrNO3. The quantitative estimate of drug-likeness (QED) is 0.610. The Morgan fingerprint density at radius 1 is 1.05 bits per heavy atom. The minimum absolute atomic E-state index is 0.619. The molecule has 0 saturated carbocycles. The molecule has 0 aliphatic carbocycles. The molecule has 1 aromatic rings. The van der Waals surface area contributed by atoms with Crippen molar-refractivity contribution < 1.29 is 14.2 Å². The molecule has 0 atom stereocenters. The molecule has 0 saturated heterocycles. The number of nitrogens with one attached hydrogen (secondary N) is 1. The Balaban J connectivity index is 2.58. The Bertz CT molecular complexity index is 413. The summed E-state index contributed by atoms with van der Waals surface area (Å²) in [7, 11) is 0. The van der Waals surface area contributed by atoms with E-state index in [1.54, 1.807) is 0 Å². The third-order valence-corrected chi connectivity index (χ3v) is 3.42. The zero-order valence-corrected chi connectivity index (χ0v) is 14.8. The Morgan fingerprint density at radius 2 is 1.81 bits per heavy atom. The zero-order chi connectivity index (χ0) is 15.5. The third kappa shape index (κ3) is 6.68. The van der Waals surface area contributed by atoms with Crippen molar-refractivity contribution in [2.75, 3.05) is 33.0 Å². The molecule has 5 heteroatoms. The third-order valence-electron chi connectivity index (χ3n) is 2.83. The Kier molecular flexibility index (Phi) is 9.46. The number of halogens is 1. The van der Waals surface area contributed by atoms with E-state index in [1.807, 2.05) is 26.8 Å². The molecule has 0 bridgehead atoms. The molecule has 0 aliphatic heterocycles. The normalized spacial score (nSPS) is 10.7. The molecule has 0 radical (unpaired) electrons. The number of rotatable bonds is 11.